The van der Waals surface area contributed by atoms with Crippen molar-refractivity contribution >= 4 is 51.7 Å². The van der Waals surface area contributed by atoms with Gasteiger partial charge in [0.1, 0.15) is 11.3 Å². The molecule has 0 spiro atoms. The van der Waals surface area contributed by atoms with Gasteiger partial charge in [-0.3, -0.25) is 14.4 Å². The zero-order valence-electron chi connectivity index (χ0n) is 16.0. The van der Waals surface area contributed by atoms with E-state index in [0.717, 1.165) is 0 Å². The number of ketones is 1. The highest BCUT2D eigenvalue weighted by molar-refractivity contribution is 14.1. The highest BCUT2D eigenvalue weighted by Crippen LogP contribution is 2.26. The maximum Gasteiger partial charge on any atom is 0.276 e. The van der Waals surface area contributed by atoms with E-state index < -0.39 is 17.1 Å². The highest BCUT2D eigenvalue weighted by atomic mass is 127. The standard InChI is InChI=1S/C21H18IN3O5/c1-30-11-10-24-20(28)14-5-2-4-13(12-14)7-8-16(26)17-18(27)15-6-3-9-23-19(15)25(22)21(17)29/h2-9,12,27H,10-11H2,1H3,(H,24,28)/b8-7+. The summed E-state index contributed by atoms with van der Waals surface area (Å²) in [5.74, 6) is -1.32. The van der Waals surface area contributed by atoms with E-state index >= 15 is 0 Å². The maximum absolute atomic E-state index is 12.7. The van der Waals surface area contributed by atoms with Gasteiger partial charge in [0.25, 0.3) is 11.5 Å². The van der Waals surface area contributed by atoms with E-state index in [1.807, 2.05) is 0 Å². The predicted octanol–water partition coefficient (Wildman–Crippen LogP) is 2.57. The lowest BCUT2D eigenvalue weighted by Gasteiger charge is -2.07. The Morgan fingerprint density at radius 2 is 2.10 bits per heavy atom. The fourth-order valence-corrected chi connectivity index (χ4v) is 3.42. The Balaban J connectivity index is 1.88. The van der Waals surface area contributed by atoms with Gasteiger partial charge in [0.2, 0.25) is 0 Å². The molecule has 30 heavy (non-hydrogen) atoms. The summed E-state index contributed by atoms with van der Waals surface area (Å²) >= 11 is 1.74. The molecule has 0 aliphatic carbocycles. The van der Waals surface area contributed by atoms with Crippen LogP contribution in [0.4, 0.5) is 0 Å². The average molecular weight is 519 g/mol. The van der Waals surface area contributed by atoms with Crippen LogP contribution < -0.4 is 10.9 Å². The molecule has 1 aromatic carbocycles. The van der Waals surface area contributed by atoms with Gasteiger partial charge >= 0.3 is 0 Å². The maximum atomic E-state index is 12.7. The van der Waals surface area contributed by atoms with Crippen molar-refractivity contribution in [3.05, 3.63) is 75.7 Å². The Morgan fingerprint density at radius 1 is 1.30 bits per heavy atom. The SMILES string of the molecule is COCCNC(=O)c1cccc(/C=C/C(=O)c2c(O)c3cccnc3n(I)c2=O)c1. The number of fused-ring (bicyclic) bond motifs is 1. The molecule has 2 heterocycles. The molecule has 3 aromatic rings. The van der Waals surface area contributed by atoms with E-state index in [0.29, 0.717) is 29.7 Å². The van der Waals surface area contributed by atoms with Crippen LogP contribution in [-0.4, -0.2) is 44.8 Å². The van der Waals surface area contributed by atoms with Crippen LogP contribution in [0, 0.1) is 0 Å². The van der Waals surface area contributed by atoms with E-state index in [9.17, 15) is 19.5 Å². The number of aromatic nitrogens is 2. The largest absolute Gasteiger partial charge is 0.506 e. The third-order valence-electron chi connectivity index (χ3n) is 4.27. The van der Waals surface area contributed by atoms with E-state index in [-0.39, 0.29) is 17.1 Å². The molecule has 0 radical (unpaired) electrons. The Bertz CT molecular complexity index is 1200. The number of hydrogen-bond acceptors (Lipinski definition) is 6. The summed E-state index contributed by atoms with van der Waals surface area (Å²) in [7, 11) is 1.55. The fraction of sp³-hybridized carbons (Fsp3) is 0.143. The van der Waals surface area contributed by atoms with Crippen molar-refractivity contribution in [3.8, 4) is 5.75 Å². The first-order valence-corrected chi connectivity index (χ1v) is 9.89. The lowest BCUT2D eigenvalue weighted by Crippen LogP contribution is -2.26. The third kappa shape index (κ3) is 4.57. The minimum atomic E-state index is -0.653. The first-order valence-electron chi connectivity index (χ1n) is 8.92. The molecule has 0 aliphatic rings. The van der Waals surface area contributed by atoms with Crippen molar-refractivity contribution in [3.63, 3.8) is 0 Å². The zero-order valence-corrected chi connectivity index (χ0v) is 18.1. The predicted molar refractivity (Wildman–Crippen MR) is 121 cm³/mol. The molecule has 3 rings (SSSR count). The molecule has 0 saturated heterocycles. The van der Waals surface area contributed by atoms with Crippen LogP contribution in [0.1, 0.15) is 26.3 Å². The molecular formula is C21H18IN3O5. The first kappa shape index (κ1) is 21.7. The highest BCUT2D eigenvalue weighted by Gasteiger charge is 2.20. The summed E-state index contributed by atoms with van der Waals surface area (Å²) in [6.07, 6.45) is 4.17. The van der Waals surface area contributed by atoms with Crippen LogP contribution in [-0.2, 0) is 4.74 Å². The topological polar surface area (TPSA) is 111 Å². The molecule has 2 aromatic heterocycles. The molecule has 154 valence electrons. The Labute approximate surface area is 185 Å². The molecule has 0 saturated carbocycles. The number of hydrogen-bond donors (Lipinski definition) is 2. The smallest absolute Gasteiger partial charge is 0.276 e. The lowest BCUT2D eigenvalue weighted by molar-refractivity contribution is 0.0936. The van der Waals surface area contributed by atoms with Gasteiger partial charge in [0.05, 0.1) is 34.9 Å². The summed E-state index contributed by atoms with van der Waals surface area (Å²) < 4.78 is 6.09. The number of allylic oxidation sites excluding steroid dienone is 1. The Morgan fingerprint density at radius 3 is 2.87 bits per heavy atom. The molecule has 8 nitrogen and oxygen atoms in total. The van der Waals surface area contributed by atoms with Gasteiger partial charge in [-0.15, -0.1) is 0 Å². The summed E-state index contributed by atoms with van der Waals surface area (Å²) in [5, 5.41) is 13.5. The quantitative estimate of drug-likeness (QED) is 0.215. The van der Waals surface area contributed by atoms with Gasteiger partial charge in [-0.2, -0.15) is 0 Å². The van der Waals surface area contributed by atoms with E-state index in [4.69, 9.17) is 4.74 Å². The molecule has 9 heteroatoms. The van der Waals surface area contributed by atoms with Crippen LogP contribution >= 0.6 is 22.9 Å². The molecule has 0 bridgehead atoms. The minimum Gasteiger partial charge on any atom is -0.506 e. The first-order chi connectivity index (χ1) is 14.4. The van der Waals surface area contributed by atoms with Crippen LogP contribution in [0.5, 0.6) is 5.75 Å². The van der Waals surface area contributed by atoms with Crippen LogP contribution in [0.25, 0.3) is 17.1 Å². The van der Waals surface area contributed by atoms with Gasteiger partial charge in [0.15, 0.2) is 11.4 Å². The monoisotopic (exact) mass is 519 g/mol. The van der Waals surface area contributed by atoms with Crippen molar-refractivity contribution in [2.45, 2.75) is 0 Å². The zero-order chi connectivity index (χ0) is 21.7. The normalized spacial score (nSPS) is 11.1. The number of halogens is 1. The minimum absolute atomic E-state index is 0.263. The Hall–Kier alpha value is -3.05. The second-order valence-electron chi connectivity index (χ2n) is 6.26. The molecular weight excluding hydrogens is 501 g/mol. The second-order valence-corrected chi connectivity index (χ2v) is 7.22. The van der Waals surface area contributed by atoms with E-state index in [2.05, 4.69) is 10.3 Å². The van der Waals surface area contributed by atoms with Crippen molar-refractivity contribution in [1.29, 1.82) is 0 Å². The van der Waals surface area contributed by atoms with Gasteiger partial charge < -0.3 is 15.2 Å². The van der Waals surface area contributed by atoms with Crippen molar-refractivity contribution in [1.82, 2.24) is 13.1 Å². The van der Waals surface area contributed by atoms with Crippen molar-refractivity contribution < 1.29 is 19.4 Å². The molecule has 0 fully saturated rings. The van der Waals surface area contributed by atoms with Gasteiger partial charge in [0, 0.05) is 25.4 Å². The van der Waals surface area contributed by atoms with Crippen molar-refractivity contribution in [2.24, 2.45) is 0 Å². The summed E-state index contributed by atoms with van der Waals surface area (Å²) in [6.45, 7) is 0.783. The number of carbonyl (C=O) groups is 2. The van der Waals surface area contributed by atoms with Crippen LogP contribution in [0.2, 0.25) is 0 Å². The molecule has 0 aliphatic heterocycles. The number of nitrogens with one attached hydrogen (secondary N) is 1. The molecule has 0 atom stereocenters. The van der Waals surface area contributed by atoms with Gasteiger partial charge in [-0.05, 0) is 35.9 Å². The second kappa shape index (κ2) is 9.63. The lowest BCUT2D eigenvalue weighted by atomic mass is 10.1. The van der Waals surface area contributed by atoms with Gasteiger partial charge in [-0.25, -0.2) is 7.76 Å². The van der Waals surface area contributed by atoms with E-state index in [1.165, 1.54) is 21.1 Å². The summed E-state index contributed by atoms with van der Waals surface area (Å²) in [6, 6.07) is 9.86. The number of amides is 1. The summed E-state index contributed by atoms with van der Waals surface area (Å²) in [5.41, 5.74) is 0.303. The summed E-state index contributed by atoms with van der Waals surface area (Å²) in [4.78, 5) is 41.4. The number of rotatable bonds is 7. The van der Waals surface area contributed by atoms with Crippen LogP contribution in [0.3, 0.4) is 0 Å². The number of benzene rings is 1. The van der Waals surface area contributed by atoms with Crippen LogP contribution in [0.15, 0.2) is 53.5 Å². The third-order valence-corrected chi connectivity index (χ3v) is 5.17. The molecule has 2 N–H and O–H groups in total. The number of aromatic hydroxyl groups is 1. The number of carbonyl (C=O) groups excluding carboxylic acids is 2. The van der Waals surface area contributed by atoms with Gasteiger partial charge in [-0.1, -0.05) is 18.2 Å². The molecule has 1 amide bonds. The number of ether oxygens (including phenoxy) is 1. The fourth-order valence-electron chi connectivity index (χ4n) is 2.80. The van der Waals surface area contributed by atoms with Crippen molar-refractivity contribution in [2.75, 3.05) is 20.3 Å². The number of methoxy groups -OCH3 is 1. The molecule has 0 unspecified atom stereocenters. The number of nitrogens with zero attached hydrogens (tertiary/aromatic N) is 2. The van der Waals surface area contributed by atoms with E-state index in [1.54, 1.807) is 66.4 Å². The average Bonchev–Trinajstić information content (AvgIpc) is 2.76. The Kier molecular flexibility index (Phi) is 6.95. The number of pyridine rings is 2.